The van der Waals surface area contributed by atoms with Gasteiger partial charge in [0.2, 0.25) is 0 Å². The maximum absolute atomic E-state index is 12.0. The average molecular weight is 245 g/mol. The molecule has 2 atom stereocenters. The van der Waals surface area contributed by atoms with E-state index in [2.05, 4.69) is 0 Å². The molecular formula is C14H15NO3. The molecule has 1 saturated heterocycles. The van der Waals surface area contributed by atoms with E-state index in [0.717, 1.165) is 5.56 Å². The Kier molecular flexibility index (Phi) is 2.51. The highest BCUT2D eigenvalue weighted by atomic mass is 16.6. The molecule has 1 amide bonds. The van der Waals surface area contributed by atoms with Crippen LogP contribution in [0.25, 0.3) is 0 Å². The van der Waals surface area contributed by atoms with Gasteiger partial charge in [0, 0.05) is 0 Å². The van der Waals surface area contributed by atoms with E-state index in [9.17, 15) is 4.79 Å². The fourth-order valence-corrected chi connectivity index (χ4v) is 2.40. The van der Waals surface area contributed by atoms with E-state index in [4.69, 9.17) is 9.47 Å². The van der Waals surface area contributed by atoms with Gasteiger partial charge in [0.25, 0.3) is 0 Å². The first-order valence-corrected chi connectivity index (χ1v) is 6.01. The third kappa shape index (κ3) is 1.65. The summed E-state index contributed by atoms with van der Waals surface area (Å²) in [6.45, 7) is 2.98. The molecule has 94 valence electrons. The largest absolute Gasteiger partial charge is 0.497 e. The van der Waals surface area contributed by atoms with E-state index >= 15 is 0 Å². The predicted molar refractivity (Wildman–Crippen MR) is 65.8 cm³/mol. The van der Waals surface area contributed by atoms with Gasteiger partial charge in [-0.3, -0.25) is 4.90 Å². The van der Waals surface area contributed by atoms with Crippen LogP contribution in [0.4, 0.5) is 4.79 Å². The first kappa shape index (κ1) is 11.1. The summed E-state index contributed by atoms with van der Waals surface area (Å²) in [4.78, 5) is 13.7. The summed E-state index contributed by atoms with van der Waals surface area (Å²) in [5.74, 6) is 0. The lowest BCUT2D eigenvalue weighted by Crippen LogP contribution is -2.49. The second-order valence-corrected chi connectivity index (χ2v) is 4.81. The van der Waals surface area contributed by atoms with Gasteiger partial charge in [-0.15, -0.1) is 0 Å². The Morgan fingerprint density at radius 1 is 1.39 bits per heavy atom. The van der Waals surface area contributed by atoms with Crippen LogP contribution in [0.2, 0.25) is 0 Å². The van der Waals surface area contributed by atoms with Crippen molar-refractivity contribution in [2.45, 2.75) is 25.1 Å². The molecule has 4 heteroatoms. The summed E-state index contributed by atoms with van der Waals surface area (Å²) in [6.07, 6.45) is 3.05. The van der Waals surface area contributed by atoms with Crippen LogP contribution < -0.4 is 0 Å². The third-order valence-electron chi connectivity index (χ3n) is 3.63. The first-order valence-electron chi connectivity index (χ1n) is 6.01. The van der Waals surface area contributed by atoms with Crippen molar-refractivity contribution in [3.63, 3.8) is 0 Å². The summed E-state index contributed by atoms with van der Waals surface area (Å²) in [6, 6.07) is 9.91. The molecule has 1 fully saturated rings. The van der Waals surface area contributed by atoms with Gasteiger partial charge >= 0.3 is 6.09 Å². The van der Waals surface area contributed by atoms with Crippen molar-refractivity contribution >= 4 is 6.09 Å². The average Bonchev–Trinajstić information content (AvgIpc) is 2.63. The molecular weight excluding hydrogens is 230 g/mol. The molecule has 0 unspecified atom stereocenters. The maximum atomic E-state index is 12.0. The molecule has 0 saturated carbocycles. The Morgan fingerprint density at radius 3 is 2.94 bits per heavy atom. The lowest BCUT2D eigenvalue weighted by atomic mass is 9.92. The molecule has 4 nitrogen and oxygen atoms in total. The molecule has 0 aliphatic carbocycles. The molecule has 3 rings (SSSR count). The van der Waals surface area contributed by atoms with E-state index in [-0.39, 0.29) is 12.2 Å². The minimum Gasteiger partial charge on any atom is -0.497 e. The monoisotopic (exact) mass is 245 g/mol. The molecule has 2 aliphatic heterocycles. The Morgan fingerprint density at radius 2 is 2.17 bits per heavy atom. The van der Waals surface area contributed by atoms with Crippen LogP contribution in [0.15, 0.2) is 42.7 Å². The van der Waals surface area contributed by atoms with Gasteiger partial charge in [0.15, 0.2) is 6.10 Å². The number of benzene rings is 1. The van der Waals surface area contributed by atoms with Gasteiger partial charge < -0.3 is 9.47 Å². The number of ether oxygens (including phenoxy) is 2. The summed E-state index contributed by atoms with van der Waals surface area (Å²) in [5.41, 5.74) is 0.682. The SMILES string of the molecule is C[C@]12C=COC[C@H]1OC(=O)N2Cc1ccccc1. The van der Waals surface area contributed by atoms with E-state index in [0.29, 0.717) is 13.2 Å². The molecule has 0 bridgehead atoms. The van der Waals surface area contributed by atoms with Gasteiger partial charge in [0.1, 0.15) is 12.1 Å². The number of hydrogen-bond donors (Lipinski definition) is 0. The predicted octanol–water partition coefficient (Wildman–Crippen LogP) is 2.31. The van der Waals surface area contributed by atoms with Crippen LogP contribution in [-0.4, -0.2) is 29.2 Å². The third-order valence-corrected chi connectivity index (χ3v) is 3.63. The van der Waals surface area contributed by atoms with Crippen LogP contribution in [-0.2, 0) is 16.0 Å². The molecule has 18 heavy (non-hydrogen) atoms. The zero-order chi connectivity index (χ0) is 12.6. The summed E-state index contributed by atoms with van der Waals surface area (Å²) >= 11 is 0. The Labute approximate surface area is 106 Å². The molecule has 1 aromatic rings. The molecule has 0 aromatic heterocycles. The smallest absolute Gasteiger partial charge is 0.411 e. The Hall–Kier alpha value is -1.97. The molecule has 0 spiro atoms. The highest BCUT2D eigenvalue weighted by Crippen LogP contribution is 2.35. The number of rotatable bonds is 2. The number of fused-ring (bicyclic) bond motifs is 1. The van der Waals surface area contributed by atoms with Crippen molar-refractivity contribution in [3.05, 3.63) is 48.2 Å². The van der Waals surface area contributed by atoms with Crippen molar-refractivity contribution in [2.24, 2.45) is 0 Å². The first-order chi connectivity index (χ1) is 8.70. The van der Waals surface area contributed by atoms with Crippen LogP contribution in [0.3, 0.4) is 0 Å². The van der Waals surface area contributed by atoms with Gasteiger partial charge in [-0.1, -0.05) is 30.3 Å². The van der Waals surface area contributed by atoms with Crippen molar-refractivity contribution in [1.29, 1.82) is 0 Å². The Balaban J connectivity index is 1.88. The van der Waals surface area contributed by atoms with Crippen molar-refractivity contribution in [3.8, 4) is 0 Å². The van der Waals surface area contributed by atoms with Crippen molar-refractivity contribution < 1.29 is 14.3 Å². The van der Waals surface area contributed by atoms with E-state index < -0.39 is 5.54 Å². The van der Waals surface area contributed by atoms with Crippen LogP contribution in [0, 0.1) is 0 Å². The lowest BCUT2D eigenvalue weighted by Gasteiger charge is -2.34. The molecule has 2 heterocycles. The summed E-state index contributed by atoms with van der Waals surface area (Å²) in [5, 5.41) is 0. The fraction of sp³-hybridized carbons (Fsp3) is 0.357. The zero-order valence-electron chi connectivity index (χ0n) is 10.2. The highest BCUT2D eigenvalue weighted by Gasteiger charge is 2.51. The lowest BCUT2D eigenvalue weighted by molar-refractivity contribution is 0.0439. The number of hydrogen-bond acceptors (Lipinski definition) is 3. The molecule has 0 radical (unpaired) electrons. The normalized spacial score (nSPS) is 29.7. The standard InChI is InChI=1S/C14H15NO3/c1-14-7-8-17-10-12(14)18-13(16)15(14)9-11-5-3-2-4-6-11/h2-8,12H,9-10H2,1H3/t12-,14+/m1/s1. The number of carbonyl (C=O) groups is 1. The topological polar surface area (TPSA) is 38.8 Å². The van der Waals surface area contributed by atoms with E-state index in [1.165, 1.54) is 0 Å². The molecule has 2 aliphatic rings. The van der Waals surface area contributed by atoms with E-state index in [1.54, 1.807) is 11.2 Å². The van der Waals surface area contributed by atoms with Crippen molar-refractivity contribution in [1.82, 2.24) is 4.90 Å². The van der Waals surface area contributed by atoms with Gasteiger partial charge in [-0.2, -0.15) is 0 Å². The zero-order valence-corrected chi connectivity index (χ0v) is 10.2. The van der Waals surface area contributed by atoms with Crippen LogP contribution >= 0.6 is 0 Å². The summed E-state index contributed by atoms with van der Waals surface area (Å²) < 4.78 is 10.6. The Bertz CT molecular complexity index is 485. The second-order valence-electron chi connectivity index (χ2n) is 4.81. The van der Waals surface area contributed by atoms with Crippen molar-refractivity contribution in [2.75, 3.05) is 6.61 Å². The second kappa shape index (κ2) is 4.05. The van der Waals surface area contributed by atoms with Gasteiger partial charge in [-0.25, -0.2) is 4.79 Å². The minimum atomic E-state index is -0.412. The number of amides is 1. The molecule has 1 aromatic carbocycles. The summed E-state index contributed by atoms with van der Waals surface area (Å²) in [7, 11) is 0. The fourth-order valence-electron chi connectivity index (χ4n) is 2.40. The van der Waals surface area contributed by atoms with Gasteiger partial charge in [-0.05, 0) is 18.6 Å². The quantitative estimate of drug-likeness (QED) is 0.802. The number of nitrogens with zero attached hydrogens (tertiary/aromatic N) is 1. The number of carbonyl (C=O) groups excluding carboxylic acids is 1. The van der Waals surface area contributed by atoms with Crippen LogP contribution in [0.5, 0.6) is 0 Å². The van der Waals surface area contributed by atoms with Crippen LogP contribution in [0.1, 0.15) is 12.5 Å². The molecule has 0 N–H and O–H groups in total. The highest BCUT2D eigenvalue weighted by molar-refractivity contribution is 5.72. The van der Waals surface area contributed by atoms with E-state index in [1.807, 2.05) is 43.3 Å². The minimum absolute atomic E-state index is 0.223. The maximum Gasteiger partial charge on any atom is 0.411 e. The van der Waals surface area contributed by atoms with Gasteiger partial charge in [0.05, 0.1) is 12.8 Å².